The van der Waals surface area contributed by atoms with E-state index in [0.29, 0.717) is 9.99 Å². The molecule has 0 aromatic carbocycles. The molecule has 1 fully saturated rings. The van der Waals surface area contributed by atoms with Crippen LogP contribution in [0.1, 0.15) is 11.8 Å². The molecule has 1 aromatic heterocycles. The third kappa shape index (κ3) is 2.59. The molecule has 0 aliphatic carbocycles. The monoisotopic (exact) mass is 370 g/mol. The van der Waals surface area contributed by atoms with Crippen LogP contribution in [-0.2, 0) is 0 Å². The zero-order valence-electron chi connectivity index (χ0n) is 8.67. The molecule has 94 valence electrons. The van der Waals surface area contributed by atoms with Crippen LogP contribution in [-0.4, -0.2) is 37.7 Å². The standard InChI is InChI=1S/C9H11IN2O4S/c10-4-2-12(9(16)11-8(4)15)7-1-5(14)6(3-13)17-7/h2,5-7,13-14H,1,3H2,(H,11,15,16)/t5-,6-,7-/m0/s1. The van der Waals surface area contributed by atoms with Crippen LogP contribution < -0.4 is 11.2 Å². The molecular formula is C9H11IN2O4S. The Hall–Kier alpha value is -0.320. The van der Waals surface area contributed by atoms with Gasteiger partial charge in [-0.1, -0.05) is 0 Å². The second-order valence-electron chi connectivity index (χ2n) is 3.76. The Balaban J connectivity index is 2.34. The maximum absolute atomic E-state index is 11.6. The number of aliphatic hydroxyl groups is 2. The Kier molecular flexibility index (Phi) is 3.95. The molecule has 0 saturated carbocycles. The highest BCUT2D eigenvalue weighted by atomic mass is 127. The molecule has 2 heterocycles. The first-order valence-corrected chi connectivity index (χ1v) is 7.00. The van der Waals surface area contributed by atoms with E-state index in [-0.39, 0.29) is 17.2 Å². The lowest BCUT2D eigenvalue weighted by Crippen LogP contribution is -2.32. The fourth-order valence-electron chi connectivity index (χ4n) is 1.72. The molecule has 1 aromatic rings. The van der Waals surface area contributed by atoms with Crippen molar-refractivity contribution in [3.63, 3.8) is 0 Å². The lowest BCUT2D eigenvalue weighted by molar-refractivity contribution is 0.137. The van der Waals surface area contributed by atoms with Crippen LogP contribution in [0.4, 0.5) is 0 Å². The second-order valence-corrected chi connectivity index (χ2v) is 6.34. The molecule has 6 nitrogen and oxygen atoms in total. The summed E-state index contributed by atoms with van der Waals surface area (Å²) in [5.41, 5.74) is -0.896. The van der Waals surface area contributed by atoms with Crippen LogP contribution in [0.25, 0.3) is 0 Å². The maximum Gasteiger partial charge on any atom is 0.329 e. The number of H-pyrrole nitrogens is 1. The number of nitrogens with zero attached hydrogens (tertiary/aromatic N) is 1. The van der Waals surface area contributed by atoms with E-state index >= 15 is 0 Å². The summed E-state index contributed by atoms with van der Waals surface area (Å²) in [7, 11) is 0. The van der Waals surface area contributed by atoms with Gasteiger partial charge in [-0.3, -0.25) is 14.3 Å². The van der Waals surface area contributed by atoms with Crippen LogP contribution in [0, 0.1) is 3.57 Å². The average Bonchev–Trinajstić information content (AvgIpc) is 2.65. The third-order valence-corrected chi connectivity index (χ3v) is 4.93. The highest BCUT2D eigenvalue weighted by Crippen LogP contribution is 2.40. The summed E-state index contributed by atoms with van der Waals surface area (Å²) in [5.74, 6) is 0. The van der Waals surface area contributed by atoms with Crippen molar-refractivity contribution < 1.29 is 10.2 Å². The number of aliphatic hydroxyl groups excluding tert-OH is 2. The van der Waals surface area contributed by atoms with Gasteiger partial charge in [0.15, 0.2) is 0 Å². The topological polar surface area (TPSA) is 95.3 Å². The third-order valence-electron chi connectivity index (χ3n) is 2.62. The van der Waals surface area contributed by atoms with Crippen molar-refractivity contribution in [2.24, 2.45) is 0 Å². The van der Waals surface area contributed by atoms with Crippen molar-refractivity contribution in [2.75, 3.05) is 6.61 Å². The zero-order chi connectivity index (χ0) is 12.6. The van der Waals surface area contributed by atoms with Gasteiger partial charge in [-0.05, 0) is 22.6 Å². The largest absolute Gasteiger partial charge is 0.395 e. The van der Waals surface area contributed by atoms with E-state index in [2.05, 4.69) is 4.98 Å². The molecule has 1 aliphatic heterocycles. The number of hydrogen-bond donors (Lipinski definition) is 3. The van der Waals surface area contributed by atoms with Crippen LogP contribution in [0.5, 0.6) is 0 Å². The quantitative estimate of drug-likeness (QED) is 0.610. The first-order chi connectivity index (χ1) is 8.02. The predicted molar refractivity (Wildman–Crippen MR) is 72.2 cm³/mol. The highest BCUT2D eigenvalue weighted by molar-refractivity contribution is 14.1. The van der Waals surface area contributed by atoms with Crippen LogP contribution in [0.3, 0.4) is 0 Å². The number of aromatic amines is 1. The first kappa shape index (κ1) is 13.1. The Labute approximate surface area is 114 Å². The number of thioether (sulfide) groups is 1. The predicted octanol–water partition coefficient (Wildman–Crippen LogP) is -0.502. The van der Waals surface area contributed by atoms with Gasteiger partial charge in [0.25, 0.3) is 5.56 Å². The van der Waals surface area contributed by atoms with Gasteiger partial charge in [0, 0.05) is 12.6 Å². The SMILES string of the molecule is O=c1[nH]c(=O)n([C@@H]2C[C@H](O)[C@H](CO)S2)cc1I. The van der Waals surface area contributed by atoms with E-state index in [1.807, 2.05) is 22.6 Å². The summed E-state index contributed by atoms with van der Waals surface area (Å²) in [6.45, 7) is -0.127. The molecule has 0 radical (unpaired) electrons. The lowest BCUT2D eigenvalue weighted by atomic mass is 10.2. The minimum absolute atomic E-state index is 0.127. The summed E-state index contributed by atoms with van der Waals surface area (Å²) in [4.78, 5) is 25.1. The van der Waals surface area contributed by atoms with Gasteiger partial charge >= 0.3 is 5.69 Å². The Morgan fingerprint density at radius 2 is 2.29 bits per heavy atom. The fraction of sp³-hybridized carbons (Fsp3) is 0.556. The van der Waals surface area contributed by atoms with Gasteiger partial charge in [0.2, 0.25) is 0 Å². The number of halogens is 1. The molecule has 0 unspecified atom stereocenters. The summed E-state index contributed by atoms with van der Waals surface area (Å²) in [6, 6.07) is 0. The Morgan fingerprint density at radius 3 is 2.88 bits per heavy atom. The molecule has 8 heteroatoms. The molecular weight excluding hydrogens is 359 g/mol. The normalized spacial score (nSPS) is 28.5. The number of hydrogen-bond acceptors (Lipinski definition) is 5. The summed E-state index contributed by atoms with van der Waals surface area (Å²) < 4.78 is 1.82. The highest BCUT2D eigenvalue weighted by Gasteiger charge is 2.34. The van der Waals surface area contributed by atoms with Gasteiger partial charge in [-0.25, -0.2) is 4.79 Å². The van der Waals surface area contributed by atoms with E-state index in [1.165, 1.54) is 22.5 Å². The first-order valence-electron chi connectivity index (χ1n) is 4.98. The van der Waals surface area contributed by atoms with Crippen molar-refractivity contribution >= 4 is 34.4 Å². The van der Waals surface area contributed by atoms with Gasteiger partial charge in [0.1, 0.15) is 0 Å². The number of nitrogens with one attached hydrogen (secondary N) is 1. The van der Waals surface area contributed by atoms with E-state index in [4.69, 9.17) is 5.11 Å². The van der Waals surface area contributed by atoms with E-state index < -0.39 is 17.4 Å². The molecule has 17 heavy (non-hydrogen) atoms. The summed E-state index contributed by atoms with van der Waals surface area (Å²) in [6.07, 6.45) is 1.23. The van der Waals surface area contributed by atoms with E-state index in [0.717, 1.165) is 0 Å². The molecule has 0 spiro atoms. The van der Waals surface area contributed by atoms with Gasteiger partial charge in [-0.2, -0.15) is 0 Å². The van der Waals surface area contributed by atoms with Gasteiger partial charge in [-0.15, -0.1) is 11.8 Å². The molecule has 2 rings (SSSR count). The number of rotatable bonds is 2. The minimum Gasteiger partial charge on any atom is -0.395 e. The van der Waals surface area contributed by atoms with Crippen molar-refractivity contribution in [3.8, 4) is 0 Å². The molecule has 0 bridgehead atoms. The Bertz CT molecular complexity index is 528. The summed E-state index contributed by atoms with van der Waals surface area (Å²) >= 11 is 3.19. The van der Waals surface area contributed by atoms with Gasteiger partial charge in [0.05, 0.1) is 26.9 Å². The smallest absolute Gasteiger partial charge is 0.329 e. The van der Waals surface area contributed by atoms with Gasteiger partial charge < -0.3 is 10.2 Å². The molecule has 1 aliphatic rings. The molecule has 0 amide bonds. The molecule has 3 atom stereocenters. The van der Waals surface area contributed by atoms with Crippen molar-refractivity contribution in [1.82, 2.24) is 9.55 Å². The minimum atomic E-state index is -0.633. The van der Waals surface area contributed by atoms with Crippen LogP contribution in [0.2, 0.25) is 0 Å². The van der Waals surface area contributed by atoms with Crippen molar-refractivity contribution in [1.29, 1.82) is 0 Å². The van der Waals surface area contributed by atoms with Crippen molar-refractivity contribution in [2.45, 2.75) is 23.1 Å². The zero-order valence-corrected chi connectivity index (χ0v) is 11.6. The maximum atomic E-state index is 11.6. The lowest BCUT2D eigenvalue weighted by Gasteiger charge is -2.12. The average molecular weight is 370 g/mol. The molecule has 3 N–H and O–H groups in total. The van der Waals surface area contributed by atoms with E-state index in [1.54, 1.807) is 0 Å². The molecule has 1 saturated heterocycles. The van der Waals surface area contributed by atoms with Crippen LogP contribution >= 0.6 is 34.4 Å². The summed E-state index contributed by atoms with van der Waals surface area (Å²) in [5, 5.41) is 18.2. The van der Waals surface area contributed by atoms with E-state index in [9.17, 15) is 14.7 Å². The number of aromatic nitrogens is 2. The Morgan fingerprint density at radius 1 is 1.59 bits per heavy atom. The van der Waals surface area contributed by atoms with Crippen molar-refractivity contribution in [3.05, 3.63) is 30.6 Å². The second kappa shape index (κ2) is 5.12. The van der Waals surface area contributed by atoms with Crippen LogP contribution in [0.15, 0.2) is 15.8 Å². The fourth-order valence-corrected chi connectivity index (χ4v) is 3.54.